The summed E-state index contributed by atoms with van der Waals surface area (Å²) in [5.41, 5.74) is 11.0. The fraction of sp³-hybridized carbons (Fsp3) is 0.533. The van der Waals surface area contributed by atoms with Gasteiger partial charge in [-0.1, -0.05) is 19.3 Å². The zero-order valence-electron chi connectivity index (χ0n) is 13.2. The second-order valence-corrected chi connectivity index (χ2v) is 7.74. The highest BCUT2D eigenvalue weighted by molar-refractivity contribution is 7.89. The smallest absolute Gasteiger partial charge is 0.252 e. The van der Waals surface area contributed by atoms with E-state index in [4.69, 9.17) is 16.2 Å². The van der Waals surface area contributed by atoms with E-state index in [1.807, 2.05) is 0 Å². The molecule has 23 heavy (non-hydrogen) atoms. The Morgan fingerprint density at radius 1 is 1.30 bits per heavy atom. The molecule has 1 aromatic rings. The molecule has 1 fully saturated rings. The minimum Gasteiger partial charge on any atom is -0.496 e. The number of amides is 1. The van der Waals surface area contributed by atoms with Crippen molar-refractivity contribution >= 4 is 15.9 Å². The standard InChI is InChI=1S/C15H23N3O4S/c1-22-13-6-5-11(9-12(13)14(16)19)23(20,21)18-10-15(17)7-3-2-4-8-15/h5-6,9,18H,2-4,7-8,10,17H2,1H3,(H2,16,19). The van der Waals surface area contributed by atoms with Crippen LogP contribution in [-0.4, -0.2) is 33.5 Å². The first-order valence-electron chi connectivity index (χ1n) is 7.54. The van der Waals surface area contributed by atoms with Crippen molar-refractivity contribution in [3.05, 3.63) is 23.8 Å². The second-order valence-electron chi connectivity index (χ2n) is 5.97. The van der Waals surface area contributed by atoms with Crippen LogP contribution in [0.1, 0.15) is 42.5 Å². The Morgan fingerprint density at radius 3 is 2.52 bits per heavy atom. The van der Waals surface area contributed by atoms with Gasteiger partial charge in [-0.15, -0.1) is 0 Å². The molecule has 128 valence electrons. The van der Waals surface area contributed by atoms with Crippen LogP contribution in [0.3, 0.4) is 0 Å². The number of carbonyl (C=O) groups is 1. The molecule has 1 aliphatic rings. The van der Waals surface area contributed by atoms with Crippen molar-refractivity contribution in [1.29, 1.82) is 0 Å². The van der Waals surface area contributed by atoms with Crippen molar-refractivity contribution in [3.8, 4) is 5.75 Å². The molecule has 0 atom stereocenters. The monoisotopic (exact) mass is 341 g/mol. The Kier molecular flexibility index (Phi) is 5.28. The van der Waals surface area contributed by atoms with E-state index in [1.165, 1.54) is 25.3 Å². The van der Waals surface area contributed by atoms with Gasteiger partial charge >= 0.3 is 0 Å². The van der Waals surface area contributed by atoms with E-state index in [1.54, 1.807) is 0 Å². The minimum atomic E-state index is -3.77. The van der Waals surface area contributed by atoms with Crippen LogP contribution in [0.5, 0.6) is 5.75 Å². The average Bonchev–Trinajstić information content (AvgIpc) is 2.53. The van der Waals surface area contributed by atoms with E-state index in [0.29, 0.717) is 0 Å². The first-order chi connectivity index (χ1) is 10.8. The number of methoxy groups -OCH3 is 1. The Bertz CT molecular complexity index is 682. The van der Waals surface area contributed by atoms with Gasteiger partial charge in [0.25, 0.3) is 5.91 Å². The highest BCUT2D eigenvalue weighted by Gasteiger charge is 2.29. The highest BCUT2D eigenvalue weighted by atomic mass is 32.2. The largest absolute Gasteiger partial charge is 0.496 e. The molecule has 5 N–H and O–H groups in total. The molecule has 0 spiro atoms. The summed E-state index contributed by atoms with van der Waals surface area (Å²) in [7, 11) is -2.39. The second kappa shape index (κ2) is 6.86. The lowest BCUT2D eigenvalue weighted by molar-refractivity contribution is 0.0997. The molecular formula is C15H23N3O4S. The average molecular weight is 341 g/mol. The first kappa shape index (κ1) is 17.7. The molecule has 0 radical (unpaired) electrons. The fourth-order valence-electron chi connectivity index (χ4n) is 2.80. The molecule has 1 aromatic carbocycles. The maximum Gasteiger partial charge on any atom is 0.252 e. The molecule has 0 bridgehead atoms. The number of hydrogen-bond acceptors (Lipinski definition) is 5. The topological polar surface area (TPSA) is 125 Å². The summed E-state index contributed by atoms with van der Waals surface area (Å²) in [6, 6.07) is 4.00. The number of primary amides is 1. The molecule has 0 heterocycles. The van der Waals surface area contributed by atoms with E-state index in [0.717, 1.165) is 32.1 Å². The molecule has 0 unspecified atom stereocenters. The maximum absolute atomic E-state index is 12.4. The number of nitrogens with two attached hydrogens (primary N) is 2. The lowest BCUT2D eigenvalue weighted by atomic mass is 9.83. The van der Waals surface area contributed by atoms with Crippen molar-refractivity contribution in [3.63, 3.8) is 0 Å². The zero-order chi connectivity index (χ0) is 17.1. The molecule has 8 heteroatoms. The van der Waals surface area contributed by atoms with Crippen LogP contribution in [0.15, 0.2) is 23.1 Å². The van der Waals surface area contributed by atoms with E-state index >= 15 is 0 Å². The third-order valence-corrected chi connectivity index (χ3v) is 5.61. The summed E-state index contributed by atoms with van der Waals surface area (Å²) in [6.45, 7) is 0.174. The Labute approximate surface area is 136 Å². The van der Waals surface area contributed by atoms with E-state index in [2.05, 4.69) is 4.72 Å². The molecule has 0 aliphatic heterocycles. The zero-order valence-corrected chi connectivity index (χ0v) is 14.0. The van der Waals surface area contributed by atoms with Crippen LogP contribution in [0, 0.1) is 0 Å². The van der Waals surface area contributed by atoms with Crippen molar-refractivity contribution in [2.24, 2.45) is 11.5 Å². The minimum absolute atomic E-state index is 0.0236. The van der Waals surface area contributed by atoms with Gasteiger partial charge in [-0.05, 0) is 31.0 Å². The number of ether oxygens (including phenoxy) is 1. The fourth-order valence-corrected chi connectivity index (χ4v) is 3.97. The number of hydrogen-bond donors (Lipinski definition) is 3. The van der Waals surface area contributed by atoms with Crippen molar-refractivity contribution in [2.45, 2.75) is 42.5 Å². The lowest BCUT2D eigenvalue weighted by Crippen LogP contribution is -2.51. The van der Waals surface area contributed by atoms with E-state index in [-0.39, 0.29) is 22.8 Å². The van der Waals surface area contributed by atoms with Crippen LogP contribution in [0.25, 0.3) is 0 Å². The summed E-state index contributed by atoms with van der Waals surface area (Å²) in [5, 5.41) is 0. The van der Waals surface area contributed by atoms with E-state index < -0.39 is 21.5 Å². The molecule has 0 saturated heterocycles. The number of sulfonamides is 1. The van der Waals surface area contributed by atoms with Crippen LogP contribution in [0.2, 0.25) is 0 Å². The molecule has 2 rings (SSSR count). The van der Waals surface area contributed by atoms with Gasteiger partial charge in [0.05, 0.1) is 17.6 Å². The molecule has 1 aliphatic carbocycles. The van der Waals surface area contributed by atoms with Gasteiger partial charge in [0, 0.05) is 12.1 Å². The predicted molar refractivity (Wildman–Crippen MR) is 86.7 cm³/mol. The van der Waals surface area contributed by atoms with Crippen molar-refractivity contribution < 1.29 is 17.9 Å². The third-order valence-electron chi connectivity index (χ3n) is 4.21. The van der Waals surface area contributed by atoms with Gasteiger partial charge in [0.1, 0.15) is 5.75 Å². The Hall–Kier alpha value is -1.64. The quantitative estimate of drug-likeness (QED) is 0.703. The summed E-state index contributed by atoms with van der Waals surface area (Å²) in [4.78, 5) is 11.4. The van der Waals surface area contributed by atoms with Crippen LogP contribution >= 0.6 is 0 Å². The highest BCUT2D eigenvalue weighted by Crippen LogP contribution is 2.26. The lowest BCUT2D eigenvalue weighted by Gasteiger charge is -2.33. The molecule has 0 aromatic heterocycles. The van der Waals surface area contributed by atoms with Crippen molar-refractivity contribution in [2.75, 3.05) is 13.7 Å². The van der Waals surface area contributed by atoms with Gasteiger partial charge in [0.15, 0.2) is 0 Å². The van der Waals surface area contributed by atoms with Crippen molar-refractivity contribution in [1.82, 2.24) is 4.72 Å². The molecular weight excluding hydrogens is 318 g/mol. The Morgan fingerprint density at radius 2 is 1.96 bits per heavy atom. The SMILES string of the molecule is COc1ccc(S(=O)(=O)NCC2(N)CCCCC2)cc1C(N)=O. The van der Waals surface area contributed by atoms with E-state index in [9.17, 15) is 13.2 Å². The van der Waals surface area contributed by atoms with Crippen LogP contribution in [0.4, 0.5) is 0 Å². The third kappa shape index (κ3) is 4.21. The normalized spacial score (nSPS) is 17.7. The molecule has 7 nitrogen and oxygen atoms in total. The summed E-state index contributed by atoms with van der Waals surface area (Å²) < 4.78 is 32.4. The van der Waals surface area contributed by atoms with Gasteiger partial charge in [-0.25, -0.2) is 13.1 Å². The maximum atomic E-state index is 12.4. The first-order valence-corrected chi connectivity index (χ1v) is 9.02. The predicted octanol–water partition coefficient (Wildman–Crippen LogP) is 0.734. The number of nitrogens with one attached hydrogen (secondary N) is 1. The number of carbonyl (C=O) groups excluding carboxylic acids is 1. The van der Waals surface area contributed by atoms with Crippen LogP contribution < -0.4 is 20.9 Å². The summed E-state index contributed by atoms with van der Waals surface area (Å²) in [6.07, 6.45) is 4.74. The number of rotatable bonds is 6. The van der Waals surface area contributed by atoms with Gasteiger partial charge in [-0.3, -0.25) is 4.79 Å². The molecule has 1 saturated carbocycles. The number of benzene rings is 1. The Balaban J connectivity index is 2.19. The van der Waals surface area contributed by atoms with Gasteiger partial charge in [0.2, 0.25) is 10.0 Å². The molecule has 1 amide bonds. The van der Waals surface area contributed by atoms with Gasteiger partial charge in [-0.2, -0.15) is 0 Å². The summed E-state index contributed by atoms with van der Waals surface area (Å²) >= 11 is 0. The summed E-state index contributed by atoms with van der Waals surface area (Å²) in [5.74, 6) is -0.513. The van der Waals surface area contributed by atoms with Gasteiger partial charge < -0.3 is 16.2 Å². The van der Waals surface area contributed by atoms with Crippen LogP contribution in [-0.2, 0) is 10.0 Å².